The van der Waals surface area contributed by atoms with Crippen LogP contribution in [-0.4, -0.2) is 19.3 Å². The molecule has 4 heteroatoms. The van der Waals surface area contributed by atoms with Crippen LogP contribution in [0.2, 0.25) is 0 Å². The molecule has 1 saturated carbocycles. The minimum atomic E-state index is 0.746. The smallest absolute Gasteiger partial charge is 0.210 e. The molecule has 0 spiro atoms. The average Bonchev–Trinajstić information content (AvgIpc) is 3.30. The van der Waals surface area contributed by atoms with Crippen molar-refractivity contribution in [2.24, 2.45) is 4.99 Å². The van der Waals surface area contributed by atoms with Gasteiger partial charge in [-0.1, -0.05) is 31.4 Å². The van der Waals surface area contributed by atoms with Gasteiger partial charge in [0.15, 0.2) is 0 Å². The van der Waals surface area contributed by atoms with E-state index in [-0.39, 0.29) is 0 Å². The minimum absolute atomic E-state index is 0.746. The number of nitrogens with zero attached hydrogens (tertiary/aromatic N) is 2. The summed E-state index contributed by atoms with van der Waals surface area (Å²) in [6, 6.07) is 10.7. The van der Waals surface area contributed by atoms with Gasteiger partial charge in [0.1, 0.15) is 5.76 Å². The van der Waals surface area contributed by atoms with Crippen LogP contribution in [-0.2, 0) is 0 Å². The third-order valence-corrected chi connectivity index (χ3v) is 5.96. The topological polar surface area (TPSA) is 28.7 Å². The Kier molecular flexibility index (Phi) is 5.25. The Hall–Kier alpha value is -1.55. The van der Waals surface area contributed by atoms with Crippen molar-refractivity contribution < 1.29 is 4.42 Å². The molecule has 0 radical (unpaired) electrons. The molecule has 0 amide bonds. The van der Waals surface area contributed by atoms with Gasteiger partial charge in [-0.05, 0) is 65.2 Å². The number of halogens is 1. The lowest BCUT2D eigenvalue weighted by Gasteiger charge is -2.21. The number of rotatable bonds is 4. The molecule has 1 saturated heterocycles. The molecule has 132 valence electrons. The molecule has 0 N–H and O–H groups in total. The third kappa shape index (κ3) is 4.00. The number of anilines is 1. The van der Waals surface area contributed by atoms with Crippen LogP contribution in [0.15, 0.2) is 44.2 Å². The number of aliphatic imine (C=N–C) groups is 1. The number of hydrogen-bond acceptors (Lipinski definition) is 3. The van der Waals surface area contributed by atoms with Gasteiger partial charge in [-0.3, -0.25) is 4.99 Å². The van der Waals surface area contributed by atoms with Crippen molar-refractivity contribution in [1.82, 2.24) is 0 Å². The summed E-state index contributed by atoms with van der Waals surface area (Å²) in [7, 11) is 0. The number of hydrogen-bond donors (Lipinski definition) is 0. The van der Waals surface area contributed by atoms with Gasteiger partial charge in [-0.25, -0.2) is 0 Å². The van der Waals surface area contributed by atoms with Crippen molar-refractivity contribution in [2.45, 2.75) is 50.9 Å². The summed E-state index contributed by atoms with van der Waals surface area (Å²) >= 11 is 3.61. The fourth-order valence-corrected chi connectivity index (χ4v) is 4.54. The van der Waals surface area contributed by atoms with Crippen LogP contribution in [0.3, 0.4) is 0 Å². The summed E-state index contributed by atoms with van der Waals surface area (Å²) in [5, 5.41) is 0. The first-order valence-electron chi connectivity index (χ1n) is 9.48. The van der Waals surface area contributed by atoms with Crippen molar-refractivity contribution in [3.8, 4) is 0 Å². The van der Waals surface area contributed by atoms with E-state index in [1.807, 2.05) is 12.3 Å². The van der Waals surface area contributed by atoms with Gasteiger partial charge in [0.2, 0.25) is 5.88 Å². The molecule has 4 rings (SSSR count). The maximum Gasteiger partial charge on any atom is 0.210 e. The van der Waals surface area contributed by atoms with Gasteiger partial charge < -0.3 is 9.32 Å². The summed E-state index contributed by atoms with van der Waals surface area (Å²) in [5.41, 5.74) is 2.45. The molecule has 2 aliphatic rings. The number of benzene rings is 1. The van der Waals surface area contributed by atoms with Gasteiger partial charge >= 0.3 is 0 Å². The highest BCUT2D eigenvalue weighted by atomic mass is 79.9. The number of furan rings is 1. The second-order valence-electron chi connectivity index (χ2n) is 7.18. The van der Waals surface area contributed by atoms with Crippen LogP contribution in [0.1, 0.15) is 62.2 Å². The SMILES string of the molecule is Brc1cc(C=Nc2ccc(C3CCCCC3)cc2)oc1N1CCCC1. The van der Waals surface area contributed by atoms with Crippen LogP contribution < -0.4 is 4.90 Å². The summed E-state index contributed by atoms with van der Waals surface area (Å²) < 4.78 is 6.99. The quantitative estimate of drug-likeness (QED) is 0.552. The van der Waals surface area contributed by atoms with E-state index in [1.165, 1.54) is 50.5 Å². The van der Waals surface area contributed by atoms with Crippen molar-refractivity contribution in [3.05, 3.63) is 46.1 Å². The normalized spacial score (nSPS) is 19.2. The van der Waals surface area contributed by atoms with Crippen molar-refractivity contribution in [1.29, 1.82) is 0 Å². The van der Waals surface area contributed by atoms with Gasteiger partial charge in [-0.15, -0.1) is 0 Å². The molecule has 2 fully saturated rings. The summed E-state index contributed by atoms with van der Waals surface area (Å²) in [4.78, 5) is 6.88. The van der Waals surface area contributed by atoms with Crippen LogP contribution in [0.5, 0.6) is 0 Å². The first kappa shape index (κ1) is 16.9. The second-order valence-corrected chi connectivity index (χ2v) is 8.04. The highest BCUT2D eigenvalue weighted by Gasteiger charge is 2.19. The van der Waals surface area contributed by atoms with Crippen LogP contribution >= 0.6 is 15.9 Å². The largest absolute Gasteiger partial charge is 0.438 e. The van der Waals surface area contributed by atoms with Crippen LogP contribution in [0.25, 0.3) is 0 Å². The molecule has 3 nitrogen and oxygen atoms in total. The standard InChI is InChI=1S/C21H25BrN2O/c22-20-14-19(25-21(20)24-12-4-5-13-24)15-23-18-10-8-17(9-11-18)16-6-2-1-3-7-16/h8-11,14-16H,1-7,12-13H2. The van der Waals surface area contributed by atoms with Crippen molar-refractivity contribution in [3.63, 3.8) is 0 Å². The lowest BCUT2D eigenvalue weighted by Crippen LogP contribution is -2.17. The summed E-state index contributed by atoms with van der Waals surface area (Å²) in [5.74, 6) is 2.48. The van der Waals surface area contributed by atoms with Gasteiger partial charge in [0.25, 0.3) is 0 Å². The minimum Gasteiger partial charge on any atom is -0.438 e. The van der Waals surface area contributed by atoms with Crippen molar-refractivity contribution >= 4 is 33.7 Å². The molecule has 1 aliphatic carbocycles. The second kappa shape index (κ2) is 7.77. The molecule has 0 bridgehead atoms. The highest BCUT2D eigenvalue weighted by Crippen LogP contribution is 2.34. The fraction of sp³-hybridized carbons (Fsp3) is 0.476. The Labute approximate surface area is 158 Å². The Morgan fingerprint density at radius 1 is 1.00 bits per heavy atom. The Morgan fingerprint density at radius 3 is 2.44 bits per heavy atom. The van der Waals surface area contributed by atoms with Gasteiger partial charge in [0.05, 0.1) is 16.4 Å². The fourth-order valence-electron chi connectivity index (χ4n) is 3.98. The van der Waals surface area contributed by atoms with E-state index in [1.54, 1.807) is 0 Å². The zero-order valence-corrected chi connectivity index (χ0v) is 16.2. The average molecular weight is 401 g/mol. The lowest BCUT2D eigenvalue weighted by molar-refractivity contribution is 0.443. The third-order valence-electron chi connectivity index (χ3n) is 5.39. The van der Waals surface area contributed by atoms with E-state index in [2.05, 4.69) is 50.1 Å². The maximum absolute atomic E-state index is 5.97. The molecule has 1 aromatic heterocycles. The molecular weight excluding hydrogens is 376 g/mol. The van der Waals surface area contributed by atoms with E-state index in [0.29, 0.717) is 0 Å². The molecule has 0 unspecified atom stereocenters. The molecule has 2 aromatic rings. The van der Waals surface area contributed by atoms with Gasteiger partial charge in [-0.2, -0.15) is 0 Å². The Morgan fingerprint density at radius 2 is 1.72 bits per heavy atom. The van der Waals surface area contributed by atoms with E-state index < -0.39 is 0 Å². The molecule has 1 aliphatic heterocycles. The van der Waals surface area contributed by atoms with E-state index >= 15 is 0 Å². The van der Waals surface area contributed by atoms with E-state index in [4.69, 9.17) is 4.42 Å². The molecular formula is C21H25BrN2O. The van der Waals surface area contributed by atoms with Crippen molar-refractivity contribution in [2.75, 3.05) is 18.0 Å². The van der Waals surface area contributed by atoms with Crippen LogP contribution in [0.4, 0.5) is 11.6 Å². The zero-order chi connectivity index (χ0) is 17.1. The lowest BCUT2D eigenvalue weighted by atomic mass is 9.84. The molecule has 2 heterocycles. The summed E-state index contributed by atoms with van der Waals surface area (Å²) in [6.07, 6.45) is 11.1. The monoisotopic (exact) mass is 400 g/mol. The van der Waals surface area contributed by atoms with E-state index in [0.717, 1.165) is 40.8 Å². The Balaban J connectivity index is 1.43. The first-order chi connectivity index (χ1) is 12.3. The predicted molar refractivity (Wildman–Crippen MR) is 107 cm³/mol. The van der Waals surface area contributed by atoms with E-state index in [9.17, 15) is 0 Å². The highest BCUT2D eigenvalue weighted by molar-refractivity contribution is 9.10. The Bertz CT molecular complexity index is 723. The molecule has 1 aromatic carbocycles. The van der Waals surface area contributed by atoms with Gasteiger partial charge in [0, 0.05) is 19.2 Å². The molecule has 0 atom stereocenters. The molecule has 25 heavy (non-hydrogen) atoms. The van der Waals surface area contributed by atoms with Crippen LogP contribution in [0, 0.1) is 0 Å². The predicted octanol–water partition coefficient (Wildman–Crippen LogP) is 6.44. The zero-order valence-electron chi connectivity index (χ0n) is 14.6. The first-order valence-corrected chi connectivity index (χ1v) is 10.3. The maximum atomic E-state index is 5.97. The summed E-state index contributed by atoms with van der Waals surface area (Å²) in [6.45, 7) is 2.15.